The number of nitrogens with zero attached hydrogens (tertiary/aromatic N) is 2. The Hall–Kier alpha value is -8.31. The molecule has 3 heterocycles. The molecule has 1 aliphatic heterocycles. The number of unbranched alkanes of at least 4 members (excludes halogenated alkanes) is 1. The third-order valence-electron chi connectivity index (χ3n) is 11.6. The molecule has 1 unspecified atom stereocenters. The molecule has 0 saturated carbocycles. The number of aromatic amines is 2. The van der Waals surface area contributed by atoms with Gasteiger partial charge < -0.3 is 69.7 Å². The van der Waals surface area contributed by atoms with E-state index in [2.05, 4.69) is 62.5 Å². The average molecular weight is 982 g/mol. The van der Waals surface area contributed by atoms with E-state index in [9.17, 15) is 43.2 Å². The van der Waals surface area contributed by atoms with Crippen LogP contribution in [0.3, 0.4) is 0 Å². The van der Waals surface area contributed by atoms with Crippen molar-refractivity contribution in [3.63, 3.8) is 0 Å². The number of aromatic nitrogens is 3. The lowest BCUT2D eigenvalue weighted by molar-refractivity contribution is -0.136. The number of imidazole rings is 1. The SMILES string of the molecule is CCCC[C@H](NC(C)=O)C(=O)N[C@H]1CC(=O)NCC(C(=O)N[C@@H](Cc2c[nH]c3ccccc23)C(N)=O)NC(=O)[C@H](CCCN=C(N)N)NC(=O)[C@@H](Cc2ccccc2)NC(=O)[C@H](Cc2cnc[nH]2)NC1=O. The number of carbonyl (C=O) groups is 9. The number of nitrogens with one attached hydrogen (secondary N) is 10. The molecule has 0 aliphatic carbocycles. The van der Waals surface area contributed by atoms with E-state index in [4.69, 9.17) is 17.2 Å². The highest BCUT2D eigenvalue weighted by atomic mass is 16.2. The van der Waals surface area contributed by atoms with Crippen LogP contribution < -0.4 is 59.7 Å². The van der Waals surface area contributed by atoms with Gasteiger partial charge in [-0.3, -0.25) is 48.1 Å². The minimum atomic E-state index is -1.69. The fourth-order valence-corrected chi connectivity index (χ4v) is 7.85. The van der Waals surface area contributed by atoms with Gasteiger partial charge in [-0.1, -0.05) is 68.3 Å². The molecule has 9 amide bonds. The van der Waals surface area contributed by atoms with Gasteiger partial charge in [-0.25, -0.2) is 4.98 Å². The molecule has 0 spiro atoms. The summed E-state index contributed by atoms with van der Waals surface area (Å²) < 4.78 is 0. The second-order valence-electron chi connectivity index (χ2n) is 17.2. The van der Waals surface area contributed by atoms with Crippen LogP contribution >= 0.6 is 0 Å². The van der Waals surface area contributed by atoms with Crippen LogP contribution in [0.1, 0.15) is 69.2 Å². The van der Waals surface area contributed by atoms with Crippen molar-refractivity contribution in [2.45, 2.75) is 114 Å². The number of benzene rings is 2. The molecule has 2 aromatic heterocycles. The number of rotatable bonds is 19. The molecule has 1 fully saturated rings. The summed E-state index contributed by atoms with van der Waals surface area (Å²) in [5.74, 6) is -7.91. The first kappa shape index (κ1) is 53.6. The molecular formula is C47H63N15O9. The second-order valence-corrected chi connectivity index (χ2v) is 17.2. The van der Waals surface area contributed by atoms with E-state index in [0.717, 1.165) is 10.9 Å². The zero-order valence-electron chi connectivity index (χ0n) is 39.5. The van der Waals surface area contributed by atoms with Gasteiger partial charge in [0.25, 0.3) is 0 Å². The number of fused-ring (bicyclic) bond motifs is 1. The van der Waals surface area contributed by atoms with Gasteiger partial charge in [-0.15, -0.1) is 0 Å². The maximum Gasteiger partial charge on any atom is 0.245 e. The molecule has 380 valence electrons. The van der Waals surface area contributed by atoms with Crippen molar-refractivity contribution in [3.8, 4) is 0 Å². The topological polar surface area (TPSA) is 385 Å². The van der Waals surface area contributed by atoms with Crippen molar-refractivity contribution < 1.29 is 43.2 Å². The normalized spacial score (nSPS) is 20.1. The van der Waals surface area contributed by atoms with Crippen LogP contribution in [0.4, 0.5) is 0 Å². The fourth-order valence-electron chi connectivity index (χ4n) is 7.85. The summed E-state index contributed by atoms with van der Waals surface area (Å²) in [5, 5.41) is 21.6. The number of H-pyrrole nitrogens is 2. The molecule has 1 saturated heterocycles. The quantitative estimate of drug-likeness (QED) is 0.0265. The van der Waals surface area contributed by atoms with Crippen LogP contribution in [0.5, 0.6) is 0 Å². The highest BCUT2D eigenvalue weighted by molar-refractivity contribution is 5.99. The Labute approximate surface area is 409 Å². The van der Waals surface area contributed by atoms with Crippen molar-refractivity contribution >= 4 is 70.0 Å². The van der Waals surface area contributed by atoms with E-state index < -0.39 is 108 Å². The van der Waals surface area contributed by atoms with Gasteiger partial charge in [0.1, 0.15) is 42.3 Å². The Morgan fingerprint density at radius 2 is 1.46 bits per heavy atom. The van der Waals surface area contributed by atoms with E-state index in [1.54, 1.807) is 42.6 Å². The predicted molar refractivity (Wildman–Crippen MR) is 260 cm³/mol. The van der Waals surface area contributed by atoms with Gasteiger partial charge >= 0.3 is 0 Å². The van der Waals surface area contributed by atoms with Gasteiger partial charge in [0.2, 0.25) is 53.2 Å². The number of guanidine groups is 1. The van der Waals surface area contributed by atoms with Crippen molar-refractivity contribution in [2.24, 2.45) is 22.2 Å². The predicted octanol–water partition coefficient (Wildman–Crippen LogP) is -2.42. The molecule has 24 heteroatoms. The second kappa shape index (κ2) is 26.4. The maximum absolute atomic E-state index is 14.5. The third kappa shape index (κ3) is 16.7. The van der Waals surface area contributed by atoms with Gasteiger partial charge in [-0.2, -0.15) is 0 Å². The molecule has 4 aromatic rings. The van der Waals surface area contributed by atoms with Gasteiger partial charge in [0.05, 0.1) is 12.7 Å². The summed E-state index contributed by atoms with van der Waals surface area (Å²) in [6.07, 6.45) is 4.73. The lowest BCUT2D eigenvalue weighted by atomic mass is 10.0. The Bertz CT molecular complexity index is 2530. The summed E-state index contributed by atoms with van der Waals surface area (Å²) in [7, 11) is 0. The number of amides is 9. The molecule has 16 N–H and O–H groups in total. The first-order chi connectivity index (χ1) is 34.0. The molecule has 0 bridgehead atoms. The Morgan fingerprint density at radius 1 is 0.789 bits per heavy atom. The largest absolute Gasteiger partial charge is 0.370 e. The Balaban J connectivity index is 1.55. The van der Waals surface area contributed by atoms with Crippen molar-refractivity contribution in [1.29, 1.82) is 0 Å². The molecule has 24 nitrogen and oxygen atoms in total. The van der Waals surface area contributed by atoms with E-state index in [1.807, 2.05) is 25.1 Å². The summed E-state index contributed by atoms with van der Waals surface area (Å²) in [6, 6.07) is 5.91. The van der Waals surface area contributed by atoms with E-state index in [-0.39, 0.29) is 51.0 Å². The molecule has 0 radical (unpaired) electrons. The zero-order valence-corrected chi connectivity index (χ0v) is 39.5. The summed E-state index contributed by atoms with van der Waals surface area (Å²) in [6.45, 7) is 2.50. The van der Waals surface area contributed by atoms with Crippen molar-refractivity contribution in [3.05, 3.63) is 90.1 Å². The maximum atomic E-state index is 14.5. The number of hydrogen-bond acceptors (Lipinski definition) is 11. The molecule has 1 aliphatic rings. The molecular weight excluding hydrogens is 919 g/mol. The highest BCUT2D eigenvalue weighted by Crippen LogP contribution is 2.19. The summed E-state index contributed by atoms with van der Waals surface area (Å²) >= 11 is 0. The monoisotopic (exact) mass is 981 g/mol. The number of para-hydroxylation sites is 1. The zero-order chi connectivity index (χ0) is 51.5. The summed E-state index contributed by atoms with van der Waals surface area (Å²) in [4.78, 5) is 139. The fraction of sp³-hybridized carbons (Fsp3) is 0.426. The molecule has 2 aromatic carbocycles. The lowest BCUT2D eigenvalue weighted by Crippen LogP contribution is -2.61. The third-order valence-corrected chi connectivity index (χ3v) is 11.6. The van der Waals surface area contributed by atoms with E-state index in [1.165, 1.54) is 19.4 Å². The molecule has 71 heavy (non-hydrogen) atoms. The molecule has 7 atom stereocenters. The van der Waals surface area contributed by atoms with Crippen molar-refractivity contribution in [2.75, 3.05) is 13.1 Å². The first-order valence-corrected chi connectivity index (χ1v) is 23.3. The van der Waals surface area contributed by atoms with Crippen molar-refractivity contribution in [1.82, 2.24) is 57.5 Å². The number of hydrogen-bond donors (Lipinski definition) is 13. The van der Waals surface area contributed by atoms with Gasteiger partial charge in [0, 0.05) is 68.3 Å². The molecule has 5 rings (SSSR count). The smallest absolute Gasteiger partial charge is 0.245 e. The standard InChI is InChI=1S/C47H63N15O9/c1-3-4-14-32(56-26(2)63)41(66)61-37-21-39(64)54-24-38(46(71)58-34(40(48)65)19-28-22-53-31-15-9-8-13-30(28)31)62-42(67)33(16-10-17-52-47(49)50)57-43(68)35(18-27-11-6-5-7-12-27)59-44(69)36(60-45(37)70)20-29-23-51-25-55-29/h5-9,11-13,15,22-23,25,32-38,53H,3-4,10,14,16-21,24H2,1-2H3,(H2,48,65)(H,51,55)(H,54,64)(H,56,63)(H,57,68)(H,58,71)(H,59,69)(H,60,70)(H,61,66)(H,62,67)(H4,49,50,52)/t32-,33-,34-,35+,36-,37-,38?/m0/s1. The number of aliphatic imine (C=N–C) groups is 1. The number of primary amides is 1. The number of nitrogens with two attached hydrogens (primary N) is 3. The summed E-state index contributed by atoms with van der Waals surface area (Å²) in [5.41, 5.74) is 19.3. The lowest BCUT2D eigenvalue weighted by Gasteiger charge is -2.27. The van der Waals surface area contributed by atoms with E-state index in [0.29, 0.717) is 29.7 Å². The van der Waals surface area contributed by atoms with Crippen LogP contribution in [-0.4, -0.2) is 129 Å². The minimum Gasteiger partial charge on any atom is -0.370 e. The van der Waals surface area contributed by atoms with E-state index >= 15 is 0 Å². The first-order valence-electron chi connectivity index (χ1n) is 23.3. The highest BCUT2D eigenvalue weighted by Gasteiger charge is 2.36. The van der Waals surface area contributed by atoms with Crippen LogP contribution in [0.2, 0.25) is 0 Å². The number of carbonyl (C=O) groups excluding carboxylic acids is 9. The van der Waals surface area contributed by atoms with Crippen LogP contribution in [-0.2, 0) is 62.4 Å². The Kier molecular flexibility index (Phi) is 20.0. The van der Waals surface area contributed by atoms with Crippen LogP contribution in [0.25, 0.3) is 10.9 Å². The Morgan fingerprint density at radius 3 is 2.14 bits per heavy atom. The van der Waals surface area contributed by atoms with Gasteiger partial charge in [0.15, 0.2) is 5.96 Å². The van der Waals surface area contributed by atoms with Crippen LogP contribution in [0, 0.1) is 0 Å². The average Bonchev–Trinajstić information content (AvgIpc) is 4.01. The van der Waals surface area contributed by atoms with Gasteiger partial charge in [-0.05, 0) is 36.5 Å². The van der Waals surface area contributed by atoms with Crippen LogP contribution in [0.15, 0.2) is 78.3 Å². The minimum absolute atomic E-state index is 0.0388.